The van der Waals surface area contributed by atoms with Crippen molar-refractivity contribution in [2.45, 2.75) is 46.1 Å². The second-order valence-electron chi connectivity index (χ2n) is 6.00. The number of amides is 1. The van der Waals surface area contributed by atoms with Crippen LogP contribution in [0.3, 0.4) is 0 Å². The topological polar surface area (TPSA) is 50.8 Å². The molecule has 1 N–H and O–H groups in total. The summed E-state index contributed by atoms with van der Waals surface area (Å²) in [6, 6.07) is 0. The summed E-state index contributed by atoms with van der Waals surface area (Å²) < 4.78 is 11.4. The van der Waals surface area contributed by atoms with E-state index < -0.39 is 0 Å². The van der Waals surface area contributed by atoms with Crippen LogP contribution in [0.2, 0.25) is 0 Å². The van der Waals surface area contributed by atoms with Gasteiger partial charge >= 0.3 is 0 Å². The van der Waals surface area contributed by atoms with E-state index in [4.69, 9.17) is 9.47 Å². The lowest BCUT2D eigenvalue weighted by Gasteiger charge is -2.32. The zero-order chi connectivity index (χ0) is 17.5. The van der Waals surface area contributed by atoms with Crippen molar-refractivity contribution in [2.75, 3.05) is 52.3 Å². The summed E-state index contributed by atoms with van der Waals surface area (Å²) in [5.74, 6) is 0.808. The first kappa shape index (κ1) is 22.7. The van der Waals surface area contributed by atoms with E-state index in [1.165, 1.54) is 19.8 Å². The van der Waals surface area contributed by atoms with Gasteiger partial charge in [0.2, 0.25) is 5.91 Å². The molecule has 0 aromatic carbocycles. The monoisotopic (exact) mass is 350 g/mol. The molecule has 0 radical (unpaired) electrons. The Morgan fingerprint density at radius 1 is 1.48 bits per heavy atom. The predicted molar refractivity (Wildman–Crippen MR) is 101 cm³/mol. The average molecular weight is 351 g/mol. The van der Waals surface area contributed by atoms with Crippen LogP contribution in [0.25, 0.3) is 0 Å². The number of hydrogen-bond donors (Lipinski definition) is 2. The first-order valence-corrected chi connectivity index (χ1v) is 9.62. The maximum Gasteiger partial charge on any atom is 0.216 e. The minimum Gasteiger partial charge on any atom is -0.380 e. The Kier molecular flexibility index (Phi) is 15.0. The number of morpholine rings is 1. The Balaban J connectivity index is 0. The standard InChI is InChI=1S/C16H32N2O3.CH4S.H2/c1-4-14(2)6-5-9-20-10-7-18-8-11-21-16(13-18)12-17-15(3)19;1-2;/h14,16H,4-13H2,1-3H3,(H,17,19);2H,1H3;1H. The second-order valence-corrected chi connectivity index (χ2v) is 6.00. The number of thiol groups is 1. The lowest BCUT2D eigenvalue weighted by molar-refractivity contribution is -0.120. The molecular formula is C17H38N2O3S. The van der Waals surface area contributed by atoms with Crippen molar-refractivity contribution in [3.63, 3.8) is 0 Å². The highest BCUT2D eigenvalue weighted by atomic mass is 32.1. The molecule has 1 amide bonds. The molecule has 5 nitrogen and oxygen atoms in total. The van der Waals surface area contributed by atoms with Crippen molar-refractivity contribution in [2.24, 2.45) is 5.92 Å². The molecular weight excluding hydrogens is 312 g/mol. The van der Waals surface area contributed by atoms with Crippen molar-refractivity contribution in [3.8, 4) is 0 Å². The average Bonchev–Trinajstić information content (AvgIpc) is 2.58. The molecule has 0 saturated carbocycles. The van der Waals surface area contributed by atoms with Crippen molar-refractivity contribution in [1.29, 1.82) is 0 Å². The molecule has 0 bridgehead atoms. The van der Waals surface area contributed by atoms with Gasteiger partial charge in [0.25, 0.3) is 0 Å². The smallest absolute Gasteiger partial charge is 0.216 e. The van der Waals surface area contributed by atoms with Gasteiger partial charge in [0, 0.05) is 41.1 Å². The van der Waals surface area contributed by atoms with Gasteiger partial charge in [-0.3, -0.25) is 9.69 Å². The number of carbonyl (C=O) groups is 1. The van der Waals surface area contributed by atoms with Crippen LogP contribution in [0.1, 0.15) is 41.5 Å². The number of rotatable bonds is 10. The van der Waals surface area contributed by atoms with Crippen LogP contribution in [0.5, 0.6) is 0 Å². The maximum atomic E-state index is 10.9. The molecule has 0 spiro atoms. The van der Waals surface area contributed by atoms with Crippen molar-refractivity contribution in [3.05, 3.63) is 0 Å². The van der Waals surface area contributed by atoms with Crippen LogP contribution < -0.4 is 5.32 Å². The molecule has 2 atom stereocenters. The number of nitrogens with one attached hydrogen (secondary N) is 1. The van der Waals surface area contributed by atoms with Gasteiger partial charge in [-0.2, -0.15) is 12.6 Å². The Morgan fingerprint density at radius 2 is 2.22 bits per heavy atom. The number of hydrogen-bond acceptors (Lipinski definition) is 5. The van der Waals surface area contributed by atoms with E-state index in [0.29, 0.717) is 6.54 Å². The Morgan fingerprint density at radius 3 is 2.87 bits per heavy atom. The van der Waals surface area contributed by atoms with E-state index in [9.17, 15) is 4.79 Å². The second kappa shape index (κ2) is 15.2. The summed E-state index contributed by atoms with van der Waals surface area (Å²) in [5.41, 5.74) is 0. The third-order valence-electron chi connectivity index (χ3n) is 4.04. The van der Waals surface area contributed by atoms with Crippen LogP contribution in [0, 0.1) is 5.92 Å². The van der Waals surface area contributed by atoms with E-state index in [1.54, 1.807) is 6.26 Å². The molecule has 1 aliphatic rings. The minimum atomic E-state index is 0. The zero-order valence-electron chi connectivity index (χ0n) is 15.3. The summed E-state index contributed by atoms with van der Waals surface area (Å²) in [6.07, 6.45) is 5.47. The zero-order valence-corrected chi connectivity index (χ0v) is 16.2. The highest BCUT2D eigenvalue weighted by molar-refractivity contribution is 7.79. The number of nitrogens with zero attached hydrogens (tertiary/aromatic N) is 1. The van der Waals surface area contributed by atoms with Crippen molar-refractivity contribution < 1.29 is 15.7 Å². The molecule has 0 aromatic heterocycles. The van der Waals surface area contributed by atoms with E-state index >= 15 is 0 Å². The van der Waals surface area contributed by atoms with Crippen LogP contribution in [-0.2, 0) is 14.3 Å². The molecule has 2 unspecified atom stereocenters. The molecule has 23 heavy (non-hydrogen) atoms. The van der Waals surface area contributed by atoms with Gasteiger partial charge < -0.3 is 14.8 Å². The van der Waals surface area contributed by atoms with Gasteiger partial charge in [0.05, 0.1) is 19.3 Å². The number of ether oxygens (including phenoxy) is 2. The van der Waals surface area contributed by atoms with E-state index in [-0.39, 0.29) is 13.4 Å². The summed E-state index contributed by atoms with van der Waals surface area (Å²) >= 11 is 3.53. The third-order valence-corrected chi connectivity index (χ3v) is 4.04. The van der Waals surface area contributed by atoms with Gasteiger partial charge in [-0.05, 0) is 25.0 Å². The molecule has 1 rings (SSSR count). The quantitative estimate of drug-likeness (QED) is 0.469. The summed E-state index contributed by atoms with van der Waals surface area (Å²) in [4.78, 5) is 13.3. The van der Waals surface area contributed by atoms with E-state index in [2.05, 4.69) is 36.7 Å². The maximum absolute atomic E-state index is 10.9. The summed E-state index contributed by atoms with van der Waals surface area (Å²) in [5, 5.41) is 2.81. The lowest BCUT2D eigenvalue weighted by Crippen LogP contribution is -2.48. The Bertz CT molecular complexity index is 299. The molecule has 0 aromatic rings. The molecule has 6 heteroatoms. The third kappa shape index (κ3) is 12.8. The molecule has 1 aliphatic heterocycles. The van der Waals surface area contributed by atoms with Gasteiger partial charge in [-0.25, -0.2) is 0 Å². The molecule has 1 heterocycles. The fraction of sp³-hybridized carbons (Fsp3) is 0.941. The summed E-state index contributed by atoms with van der Waals surface area (Å²) in [6.45, 7) is 11.8. The van der Waals surface area contributed by atoms with Crippen LogP contribution in [0.4, 0.5) is 0 Å². The van der Waals surface area contributed by atoms with Gasteiger partial charge in [-0.1, -0.05) is 20.3 Å². The fourth-order valence-corrected chi connectivity index (χ4v) is 2.40. The SMILES string of the molecule is CCC(C)CCCOCCN1CCOC(CNC(C)=O)C1.CS.[HH]. The summed E-state index contributed by atoms with van der Waals surface area (Å²) in [7, 11) is 0. The lowest BCUT2D eigenvalue weighted by atomic mass is 10.0. The highest BCUT2D eigenvalue weighted by Crippen LogP contribution is 2.09. The molecule has 1 fully saturated rings. The van der Waals surface area contributed by atoms with E-state index in [1.807, 2.05) is 0 Å². The highest BCUT2D eigenvalue weighted by Gasteiger charge is 2.20. The van der Waals surface area contributed by atoms with Crippen LogP contribution in [-0.4, -0.2) is 69.2 Å². The first-order chi connectivity index (χ1) is 11.1. The van der Waals surface area contributed by atoms with Crippen LogP contribution >= 0.6 is 12.6 Å². The molecule has 140 valence electrons. The fourth-order valence-electron chi connectivity index (χ4n) is 2.40. The largest absolute Gasteiger partial charge is 0.380 e. The van der Waals surface area contributed by atoms with E-state index in [0.717, 1.165) is 51.8 Å². The Labute approximate surface area is 149 Å². The van der Waals surface area contributed by atoms with Crippen molar-refractivity contribution in [1.82, 2.24) is 10.2 Å². The molecule has 0 aliphatic carbocycles. The van der Waals surface area contributed by atoms with Crippen molar-refractivity contribution >= 4 is 18.5 Å². The normalized spacial score (nSPS) is 19.6. The predicted octanol–water partition coefficient (Wildman–Crippen LogP) is 2.46. The molecule has 1 saturated heterocycles. The van der Waals surface area contributed by atoms with Gasteiger partial charge in [-0.15, -0.1) is 0 Å². The Hall–Kier alpha value is -0.300. The van der Waals surface area contributed by atoms with Gasteiger partial charge in [0.15, 0.2) is 0 Å². The first-order valence-electron chi connectivity index (χ1n) is 8.72. The number of carbonyl (C=O) groups excluding carboxylic acids is 1. The van der Waals surface area contributed by atoms with Gasteiger partial charge in [0.1, 0.15) is 0 Å². The minimum absolute atomic E-state index is 0. The van der Waals surface area contributed by atoms with Crippen LogP contribution in [0.15, 0.2) is 0 Å².